The van der Waals surface area contributed by atoms with E-state index in [1.54, 1.807) is 18.2 Å². The van der Waals surface area contributed by atoms with Crippen LogP contribution in [0.1, 0.15) is 44.8 Å². The lowest BCUT2D eigenvalue weighted by molar-refractivity contribution is 0.0971. The molecular formula is C25H22N2O5. The number of benzene rings is 2. The van der Waals surface area contributed by atoms with Crippen LogP contribution in [0.4, 0.5) is 5.69 Å². The highest BCUT2D eigenvalue weighted by atomic mass is 16.6. The average Bonchev–Trinajstić information content (AvgIpc) is 2.80. The zero-order valence-corrected chi connectivity index (χ0v) is 17.6. The van der Waals surface area contributed by atoms with E-state index in [9.17, 15) is 14.4 Å². The number of nitrogens with one attached hydrogen (secondary N) is 1. The fraction of sp³-hybridized carbons (Fsp3) is 0.240. The van der Waals surface area contributed by atoms with E-state index >= 15 is 0 Å². The number of carbonyl (C=O) groups is 2. The van der Waals surface area contributed by atoms with Gasteiger partial charge in [0.05, 0.1) is 0 Å². The molecule has 0 saturated heterocycles. The molecule has 1 aliphatic heterocycles. The van der Waals surface area contributed by atoms with Gasteiger partial charge in [-0.15, -0.1) is 0 Å². The highest BCUT2D eigenvalue weighted by molar-refractivity contribution is 6.07. The molecule has 0 saturated carbocycles. The number of fused-ring (bicyclic) bond motifs is 2. The molecule has 1 aromatic heterocycles. The van der Waals surface area contributed by atoms with Crippen molar-refractivity contribution in [1.29, 1.82) is 0 Å². The van der Waals surface area contributed by atoms with E-state index in [1.807, 2.05) is 31.2 Å². The predicted molar refractivity (Wildman–Crippen MR) is 119 cm³/mol. The highest BCUT2D eigenvalue weighted by Gasteiger charge is 2.26. The molecule has 7 nitrogen and oxygen atoms in total. The van der Waals surface area contributed by atoms with Crippen molar-refractivity contribution in [3.8, 4) is 17.2 Å². The number of aryl methyl sites for hydroxylation is 1. The van der Waals surface area contributed by atoms with Crippen LogP contribution in [0.2, 0.25) is 0 Å². The van der Waals surface area contributed by atoms with Crippen LogP contribution >= 0.6 is 0 Å². The first-order valence-corrected chi connectivity index (χ1v) is 10.6. The third-order valence-electron chi connectivity index (χ3n) is 5.76. The number of ketones is 1. The predicted octanol–water partition coefficient (Wildman–Crippen LogP) is 3.69. The van der Waals surface area contributed by atoms with Crippen molar-refractivity contribution >= 4 is 17.4 Å². The summed E-state index contributed by atoms with van der Waals surface area (Å²) in [6, 6.07) is 14.0. The fourth-order valence-corrected chi connectivity index (χ4v) is 4.14. The van der Waals surface area contributed by atoms with Gasteiger partial charge < -0.3 is 14.8 Å². The summed E-state index contributed by atoms with van der Waals surface area (Å²) < 4.78 is 12.6. The van der Waals surface area contributed by atoms with Crippen molar-refractivity contribution in [2.75, 3.05) is 18.5 Å². The summed E-state index contributed by atoms with van der Waals surface area (Å²) in [6.45, 7) is 2.86. The third-order valence-corrected chi connectivity index (χ3v) is 5.76. The van der Waals surface area contributed by atoms with Crippen molar-refractivity contribution in [2.24, 2.45) is 0 Å². The zero-order chi connectivity index (χ0) is 22.2. The summed E-state index contributed by atoms with van der Waals surface area (Å²) in [7, 11) is 0. The molecule has 2 heterocycles. The minimum absolute atomic E-state index is 0.0551. The van der Waals surface area contributed by atoms with Crippen molar-refractivity contribution in [1.82, 2.24) is 4.57 Å². The quantitative estimate of drug-likeness (QED) is 0.685. The minimum atomic E-state index is -0.575. The topological polar surface area (TPSA) is 86.6 Å². The van der Waals surface area contributed by atoms with Gasteiger partial charge in [0.2, 0.25) is 0 Å². The maximum Gasteiger partial charge on any atom is 0.268 e. The summed E-state index contributed by atoms with van der Waals surface area (Å²) in [5.74, 6) is 0.510. The molecule has 0 bridgehead atoms. The van der Waals surface area contributed by atoms with Gasteiger partial charge in [0.25, 0.3) is 11.5 Å². The Balaban J connectivity index is 1.58. The molecule has 3 aromatic rings. The van der Waals surface area contributed by atoms with Crippen LogP contribution in [0.15, 0.2) is 53.3 Å². The lowest BCUT2D eigenvalue weighted by Crippen LogP contribution is -2.33. The summed E-state index contributed by atoms with van der Waals surface area (Å²) in [5.41, 5.74) is 2.74. The smallest absolute Gasteiger partial charge is 0.268 e. The van der Waals surface area contributed by atoms with Gasteiger partial charge in [0.15, 0.2) is 17.3 Å². The van der Waals surface area contributed by atoms with Crippen LogP contribution in [0.5, 0.6) is 11.5 Å². The Morgan fingerprint density at radius 3 is 2.47 bits per heavy atom. The molecule has 32 heavy (non-hydrogen) atoms. The zero-order valence-electron chi connectivity index (χ0n) is 17.6. The van der Waals surface area contributed by atoms with E-state index in [0.29, 0.717) is 66.6 Å². The van der Waals surface area contributed by atoms with E-state index < -0.39 is 11.5 Å². The summed E-state index contributed by atoms with van der Waals surface area (Å²) in [5, 5.41) is 2.76. The second-order valence-electron chi connectivity index (χ2n) is 7.98. The van der Waals surface area contributed by atoms with Gasteiger partial charge >= 0.3 is 0 Å². The van der Waals surface area contributed by atoms with Crippen LogP contribution in [0.3, 0.4) is 0 Å². The van der Waals surface area contributed by atoms with Crippen LogP contribution < -0.4 is 20.3 Å². The molecule has 1 aliphatic carbocycles. The molecule has 0 spiro atoms. The molecule has 2 aliphatic rings. The number of ether oxygens (including phenoxy) is 2. The maximum absolute atomic E-state index is 13.4. The van der Waals surface area contributed by atoms with Gasteiger partial charge in [-0.05, 0) is 50.1 Å². The van der Waals surface area contributed by atoms with Crippen LogP contribution in [0, 0.1) is 6.92 Å². The third kappa shape index (κ3) is 3.56. The number of carbonyl (C=O) groups excluding carboxylic acids is 2. The van der Waals surface area contributed by atoms with Gasteiger partial charge in [0, 0.05) is 35.1 Å². The largest absolute Gasteiger partial charge is 0.486 e. The van der Waals surface area contributed by atoms with Crippen molar-refractivity contribution in [2.45, 2.75) is 26.2 Å². The van der Waals surface area contributed by atoms with E-state index in [0.717, 1.165) is 5.56 Å². The summed E-state index contributed by atoms with van der Waals surface area (Å²) in [4.78, 5) is 39.2. The first-order chi connectivity index (χ1) is 15.5. The number of Topliss-reactive ketones (excluding diaryl/α,β-unsaturated/α-hetero) is 1. The van der Waals surface area contributed by atoms with Crippen LogP contribution in [0.25, 0.3) is 5.69 Å². The number of aromatic nitrogens is 1. The maximum atomic E-state index is 13.4. The second-order valence-corrected chi connectivity index (χ2v) is 7.98. The Labute approximate surface area is 184 Å². The molecule has 0 fully saturated rings. The Kier molecular flexibility index (Phi) is 5.01. The average molecular weight is 430 g/mol. The molecule has 1 N–H and O–H groups in total. The molecule has 0 radical (unpaired) electrons. The molecule has 7 heteroatoms. The Morgan fingerprint density at radius 1 is 0.938 bits per heavy atom. The molecule has 0 unspecified atom stereocenters. The number of pyridine rings is 1. The van der Waals surface area contributed by atoms with E-state index in [2.05, 4.69) is 5.32 Å². The molecule has 162 valence electrons. The highest BCUT2D eigenvalue weighted by Crippen LogP contribution is 2.33. The number of amides is 1. The van der Waals surface area contributed by atoms with Crippen molar-refractivity contribution < 1.29 is 19.1 Å². The number of hydrogen-bond acceptors (Lipinski definition) is 5. The fourth-order valence-electron chi connectivity index (χ4n) is 4.14. The Hall–Kier alpha value is -3.87. The SMILES string of the molecule is Cc1ccc(-n2c3c(cc(C(=O)Nc4ccc5c(c4)OCCO5)c2=O)C(=O)CCC3)cc1. The second kappa shape index (κ2) is 8.00. The monoisotopic (exact) mass is 430 g/mol. The Bertz CT molecular complexity index is 1290. The van der Waals surface area contributed by atoms with Gasteiger partial charge in [-0.3, -0.25) is 19.0 Å². The van der Waals surface area contributed by atoms with Crippen molar-refractivity contribution in [3.05, 3.63) is 81.3 Å². The minimum Gasteiger partial charge on any atom is -0.486 e. The van der Waals surface area contributed by atoms with E-state index in [1.165, 1.54) is 10.6 Å². The standard InChI is InChI=1S/C25H22N2O5/c1-15-5-8-17(9-6-15)27-20-3-2-4-21(28)18(20)14-19(25(27)30)24(29)26-16-7-10-22-23(13-16)32-12-11-31-22/h5-10,13-14H,2-4,11-12H2,1H3,(H,26,29). The van der Waals surface area contributed by atoms with Gasteiger partial charge in [-0.1, -0.05) is 17.7 Å². The number of nitrogens with zero attached hydrogens (tertiary/aromatic N) is 1. The first-order valence-electron chi connectivity index (χ1n) is 10.6. The van der Waals surface area contributed by atoms with E-state index in [4.69, 9.17) is 9.47 Å². The van der Waals surface area contributed by atoms with Gasteiger partial charge in [-0.25, -0.2) is 0 Å². The lowest BCUT2D eigenvalue weighted by atomic mass is 9.92. The van der Waals surface area contributed by atoms with Gasteiger partial charge in [-0.2, -0.15) is 0 Å². The molecule has 5 rings (SSSR count). The molecule has 2 aromatic carbocycles. The molecule has 0 atom stereocenters. The van der Waals surface area contributed by atoms with Crippen LogP contribution in [-0.4, -0.2) is 29.5 Å². The first kappa shape index (κ1) is 20.1. The van der Waals surface area contributed by atoms with Crippen molar-refractivity contribution in [3.63, 3.8) is 0 Å². The molecular weight excluding hydrogens is 408 g/mol. The molecule has 1 amide bonds. The number of rotatable bonds is 3. The van der Waals surface area contributed by atoms with Gasteiger partial charge in [0.1, 0.15) is 18.8 Å². The lowest BCUT2D eigenvalue weighted by Gasteiger charge is -2.22. The normalized spacial score (nSPS) is 14.6. The number of hydrogen-bond donors (Lipinski definition) is 1. The summed E-state index contributed by atoms with van der Waals surface area (Å²) in [6.07, 6.45) is 1.69. The Morgan fingerprint density at radius 2 is 1.69 bits per heavy atom. The number of anilines is 1. The summed E-state index contributed by atoms with van der Waals surface area (Å²) >= 11 is 0. The van der Waals surface area contributed by atoms with E-state index in [-0.39, 0.29) is 11.3 Å². The van der Waals surface area contributed by atoms with Crippen LogP contribution in [-0.2, 0) is 6.42 Å².